The number of aromatic nitrogens is 1. The fraction of sp³-hybridized carbons (Fsp3) is 0.0667. The fourth-order valence-corrected chi connectivity index (χ4v) is 2.08. The maximum Gasteiger partial charge on any atom is 0.117 e. The molecule has 3 nitrogen and oxygen atoms in total. The molecule has 0 spiro atoms. The zero-order chi connectivity index (χ0) is 12.5. The van der Waals surface area contributed by atoms with Gasteiger partial charge in [0.15, 0.2) is 0 Å². The zero-order valence-corrected chi connectivity index (χ0v) is 10.1. The molecule has 2 aromatic carbocycles. The summed E-state index contributed by atoms with van der Waals surface area (Å²) in [5, 5.41) is 10.7. The number of aromatic hydroxyl groups is 1. The van der Waals surface area contributed by atoms with Crippen molar-refractivity contribution < 1.29 is 5.11 Å². The minimum absolute atomic E-state index is 0.274. The van der Waals surface area contributed by atoms with Gasteiger partial charge in [-0.2, -0.15) is 0 Å². The van der Waals surface area contributed by atoms with Crippen LogP contribution < -0.4 is 4.90 Å². The Balaban J connectivity index is 2.03. The lowest BCUT2D eigenvalue weighted by atomic mass is 10.2. The highest BCUT2D eigenvalue weighted by Gasteiger charge is 2.07. The predicted octanol–water partition coefficient (Wildman–Crippen LogP) is 3.64. The molecule has 0 atom stereocenters. The Bertz CT molecular complexity index is 655. The third-order valence-electron chi connectivity index (χ3n) is 3.09. The Morgan fingerprint density at radius 3 is 2.61 bits per heavy atom. The van der Waals surface area contributed by atoms with E-state index in [-0.39, 0.29) is 5.75 Å². The molecular formula is C15H14N2O. The normalized spacial score (nSPS) is 10.7. The van der Waals surface area contributed by atoms with E-state index in [1.165, 1.54) is 5.39 Å². The van der Waals surface area contributed by atoms with E-state index in [9.17, 15) is 5.11 Å². The maximum atomic E-state index is 9.51. The van der Waals surface area contributed by atoms with E-state index in [1.807, 2.05) is 36.2 Å². The van der Waals surface area contributed by atoms with E-state index in [0.29, 0.717) is 0 Å². The molecule has 0 aliphatic heterocycles. The van der Waals surface area contributed by atoms with Gasteiger partial charge >= 0.3 is 0 Å². The van der Waals surface area contributed by atoms with Crippen molar-refractivity contribution in [3.05, 3.63) is 54.6 Å². The number of nitrogens with one attached hydrogen (secondary N) is 1. The molecule has 0 saturated heterocycles. The number of fused-ring (bicyclic) bond motifs is 1. The van der Waals surface area contributed by atoms with E-state index >= 15 is 0 Å². The first-order valence-electron chi connectivity index (χ1n) is 5.84. The Hall–Kier alpha value is -2.42. The second-order valence-corrected chi connectivity index (χ2v) is 4.32. The summed E-state index contributed by atoms with van der Waals surface area (Å²) in [4.78, 5) is 5.37. The number of para-hydroxylation sites is 1. The van der Waals surface area contributed by atoms with Crippen LogP contribution in [0, 0.1) is 0 Å². The molecule has 0 bridgehead atoms. The number of hydrogen-bond acceptors (Lipinski definition) is 2. The average Bonchev–Trinajstić information content (AvgIpc) is 2.81. The summed E-state index contributed by atoms with van der Waals surface area (Å²) >= 11 is 0. The summed E-state index contributed by atoms with van der Waals surface area (Å²) in [6, 6.07) is 17.5. The number of phenolic OH excluding ortho intramolecular Hbond substituents is 1. The third-order valence-corrected chi connectivity index (χ3v) is 3.09. The van der Waals surface area contributed by atoms with Gasteiger partial charge in [-0.15, -0.1) is 0 Å². The second-order valence-electron chi connectivity index (χ2n) is 4.32. The highest BCUT2D eigenvalue weighted by atomic mass is 16.3. The van der Waals surface area contributed by atoms with Crippen LogP contribution >= 0.6 is 0 Å². The first-order valence-corrected chi connectivity index (χ1v) is 5.84. The minimum Gasteiger partial charge on any atom is -0.508 e. The van der Waals surface area contributed by atoms with E-state index < -0.39 is 0 Å². The molecule has 90 valence electrons. The molecule has 0 aliphatic carbocycles. The summed E-state index contributed by atoms with van der Waals surface area (Å²) in [6.07, 6.45) is 0. The fourth-order valence-electron chi connectivity index (χ4n) is 2.08. The van der Waals surface area contributed by atoms with Gasteiger partial charge in [0.2, 0.25) is 0 Å². The molecule has 3 heteroatoms. The molecule has 0 aliphatic rings. The first kappa shape index (κ1) is 10.7. The van der Waals surface area contributed by atoms with Gasteiger partial charge in [-0.1, -0.05) is 24.3 Å². The van der Waals surface area contributed by atoms with Crippen LogP contribution in [0.25, 0.3) is 10.9 Å². The van der Waals surface area contributed by atoms with Crippen molar-refractivity contribution in [2.75, 3.05) is 11.9 Å². The maximum absolute atomic E-state index is 9.51. The predicted molar refractivity (Wildman–Crippen MR) is 74.5 cm³/mol. The van der Waals surface area contributed by atoms with E-state index in [0.717, 1.165) is 17.0 Å². The molecule has 3 rings (SSSR count). The Kier molecular flexibility index (Phi) is 2.45. The molecule has 0 fully saturated rings. The Morgan fingerprint density at radius 2 is 1.83 bits per heavy atom. The van der Waals surface area contributed by atoms with Crippen molar-refractivity contribution in [3.8, 4) is 5.75 Å². The molecule has 2 N–H and O–H groups in total. The lowest BCUT2D eigenvalue weighted by Gasteiger charge is -2.17. The molecule has 0 saturated carbocycles. The van der Waals surface area contributed by atoms with Crippen LogP contribution in [0.4, 0.5) is 11.5 Å². The van der Waals surface area contributed by atoms with Gasteiger partial charge in [0.05, 0.1) is 0 Å². The topological polar surface area (TPSA) is 39.3 Å². The number of aromatic amines is 1. The summed E-state index contributed by atoms with van der Waals surface area (Å²) in [7, 11) is 1.97. The minimum atomic E-state index is 0.274. The van der Waals surface area contributed by atoms with E-state index in [1.54, 1.807) is 12.1 Å². The average molecular weight is 238 g/mol. The largest absolute Gasteiger partial charge is 0.508 e. The molecule has 1 heterocycles. The molecular weight excluding hydrogens is 224 g/mol. The second kappa shape index (κ2) is 4.11. The van der Waals surface area contributed by atoms with Crippen LogP contribution in [-0.4, -0.2) is 17.1 Å². The molecule has 18 heavy (non-hydrogen) atoms. The van der Waals surface area contributed by atoms with Crippen LogP contribution in [0.3, 0.4) is 0 Å². The number of hydrogen-bond donors (Lipinski definition) is 2. The van der Waals surface area contributed by atoms with Crippen molar-refractivity contribution in [1.29, 1.82) is 0 Å². The van der Waals surface area contributed by atoms with Gasteiger partial charge in [0.25, 0.3) is 0 Å². The summed E-state index contributed by atoms with van der Waals surface area (Å²) in [5.41, 5.74) is 2.06. The highest BCUT2D eigenvalue weighted by Crippen LogP contribution is 2.28. The molecule has 1 aromatic heterocycles. The van der Waals surface area contributed by atoms with Crippen LogP contribution in [0.15, 0.2) is 54.6 Å². The lowest BCUT2D eigenvalue weighted by molar-refractivity contribution is 0.475. The quantitative estimate of drug-likeness (QED) is 0.715. The third kappa shape index (κ3) is 1.80. The van der Waals surface area contributed by atoms with Gasteiger partial charge in [0.1, 0.15) is 11.6 Å². The number of rotatable bonds is 2. The monoisotopic (exact) mass is 238 g/mol. The Morgan fingerprint density at radius 1 is 1.00 bits per heavy atom. The van der Waals surface area contributed by atoms with Gasteiger partial charge in [-0.05, 0) is 24.3 Å². The van der Waals surface area contributed by atoms with Crippen LogP contribution in [0.5, 0.6) is 5.75 Å². The van der Waals surface area contributed by atoms with Crippen molar-refractivity contribution >= 4 is 22.4 Å². The number of nitrogens with zero attached hydrogens (tertiary/aromatic N) is 1. The van der Waals surface area contributed by atoms with Crippen molar-refractivity contribution in [2.45, 2.75) is 0 Å². The van der Waals surface area contributed by atoms with Gasteiger partial charge in [-0.3, -0.25) is 0 Å². The molecule has 3 aromatic rings. The zero-order valence-electron chi connectivity index (χ0n) is 10.1. The smallest absolute Gasteiger partial charge is 0.117 e. The molecule has 0 radical (unpaired) electrons. The number of phenols is 1. The van der Waals surface area contributed by atoms with E-state index in [4.69, 9.17) is 0 Å². The van der Waals surface area contributed by atoms with Crippen molar-refractivity contribution in [1.82, 2.24) is 4.98 Å². The van der Waals surface area contributed by atoms with Crippen molar-refractivity contribution in [2.24, 2.45) is 0 Å². The molecule has 0 unspecified atom stereocenters. The van der Waals surface area contributed by atoms with Gasteiger partial charge < -0.3 is 15.0 Å². The summed E-state index contributed by atoms with van der Waals surface area (Å²) < 4.78 is 0. The van der Waals surface area contributed by atoms with Crippen molar-refractivity contribution in [3.63, 3.8) is 0 Å². The van der Waals surface area contributed by atoms with Gasteiger partial charge in [0, 0.05) is 29.7 Å². The highest BCUT2D eigenvalue weighted by molar-refractivity contribution is 5.85. The SMILES string of the molecule is CN(c1cccc(O)c1)c1cc2ccccc2[nH]1. The number of benzene rings is 2. The van der Waals surface area contributed by atoms with Crippen LogP contribution in [0.1, 0.15) is 0 Å². The summed E-state index contributed by atoms with van der Waals surface area (Å²) in [6.45, 7) is 0. The Labute approximate surface area is 105 Å². The standard InChI is InChI=1S/C15H14N2O/c1-17(12-6-4-7-13(18)10-12)15-9-11-5-2-3-8-14(11)16-15/h2-10,16,18H,1H3. The van der Waals surface area contributed by atoms with Crippen LogP contribution in [0.2, 0.25) is 0 Å². The van der Waals surface area contributed by atoms with Crippen LogP contribution in [-0.2, 0) is 0 Å². The van der Waals surface area contributed by atoms with E-state index in [2.05, 4.69) is 23.2 Å². The first-order chi connectivity index (χ1) is 8.74. The lowest BCUT2D eigenvalue weighted by Crippen LogP contribution is -2.09. The van der Waals surface area contributed by atoms with Gasteiger partial charge in [-0.25, -0.2) is 0 Å². The number of H-pyrrole nitrogens is 1. The summed E-state index contributed by atoms with van der Waals surface area (Å²) in [5.74, 6) is 1.28. The number of anilines is 2. The molecule has 0 amide bonds.